The highest BCUT2D eigenvalue weighted by atomic mass is 19.2. The van der Waals surface area contributed by atoms with Gasteiger partial charge in [0.2, 0.25) is 0 Å². The summed E-state index contributed by atoms with van der Waals surface area (Å²) in [5.74, 6) is -2.08. The van der Waals surface area contributed by atoms with Crippen molar-refractivity contribution in [2.24, 2.45) is 0 Å². The zero-order chi connectivity index (χ0) is 19.2. The maximum Gasteiger partial charge on any atom is 0.272 e. The van der Waals surface area contributed by atoms with Gasteiger partial charge in [0.25, 0.3) is 5.91 Å². The zero-order valence-electron chi connectivity index (χ0n) is 14.7. The predicted octanol–water partition coefficient (Wildman–Crippen LogP) is 3.81. The lowest BCUT2D eigenvalue weighted by Crippen LogP contribution is -2.29. The number of nitrogens with zero attached hydrogens (tertiary/aromatic N) is 3. The lowest BCUT2D eigenvalue weighted by atomic mass is 10.2. The third-order valence-electron chi connectivity index (χ3n) is 4.02. The summed E-state index contributed by atoms with van der Waals surface area (Å²) in [5.41, 5.74) is 2.29. The first-order valence-corrected chi connectivity index (χ1v) is 8.35. The summed E-state index contributed by atoms with van der Waals surface area (Å²) in [6.45, 7) is 0.533. The second kappa shape index (κ2) is 8.35. The third kappa shape index (κ3) is 4.84. The molecule has 0 aliphatic heterocycles. The van der Waals surface area contributed by atoms with E-state index < -0.39 is 11.6 Å². The number of rotatable bonds is 6. The summed E-state index contributed by atoms with van der Waals surface area (Å²) in [6, 6.07) is 10.5. The van der Waals surface area contributed by atoms with Crippen molar-refractivity contribution in [1.82, 2.24) is 14.9 Å². The summed E-state index contributed by atoms with van der Waals surface area (Å²) in [4.78, 5) is 22.3. The first-order valence-electron chi connectivity index (χ1n) is 8.35. The zero-order valence-corrected chi connectivity index (χ0v) is 14.7. The van der Waals surface area contributed by atoms with Gasteiger partial charge >= 0.3 is 0 Å². The highest BCUT2D eigenvalue weighted by Crippen LogP contribution is 2.19. The van der Waals surface area contributed by atoms with Gasteiger partial charge in [0, 0.05) is 49.6 Å². The normalized spacial score (nSPS) is 10.5. The molecular formula is C20H18F2N4O. The van der Waals surface area contributed by atoms with Gasteiger partial charge in [-0.2, -0.15) is 0 Å². The molecule has 2 heterocycles. The summed E-state index contributed by atoms with van der Waals surface area (Å²) >= 11 is 0. The molecule has 1 N–H and O–H groups in total. The van der Waals surface area contributed by atoms with E-state index in [0.29, 0.717) is 24.3 Å². The highest BCUT2D eigenvalue weighted by molar-refractivity contribution is 5.93. The molecule has 0 radical (unpaired) electrons. The number of nitrogens with one attached hydrogen (secondary N) is 1. The topological polar surface area (TPSA) is 58.1 Å². The van der Waals surface area contributed by atoms with Crippen LogP contribution in [0.15, 0.2) is 61.1 Å². The minimum Gasteiger partial charge on any atom is -0.355 e. The molecule has 0 atom stereocenters. The van der Waals surface area contributed by atoms with Gasteiger partial charge in [0.05, 0.1) is 0 Å². The van der Waals surface area contributed by atoms with Crippen molar-refractivity contribution in [1.29, 1.82) is 0 Å². The van der Waals surface area contributed by atoms with E-state index in [2.05, 4.69) is 15.3 Å². The number of pyridine rings is 2. The minimum atomic E-state index is -0.943. The van der Waals surface area contributed by atoms with Crippen molar-refractivity contribution >= 4 is 17.3 Å². The summed E-state index contributed by atoms with van der Waals surface area (Å²) in [7, 11) is 1.71. The van der Waals surface area contributed by atoms with Crippen molar-refractivity contribution < 1.29 is 13.6 Å². The number of halogens is 2. The number of likely N-dealkylation sites (N-methyl/N-ethyl adjacent to an activating group) is 1. The Bertz CT molecular complexity index is 934. The molecule has 1 aromatic carbocycles. The van der Waals surface area contributed by atoms with E-state index in [1.807, 2.05) is 12.1 Å². The van der Waals surface area contributed by atoms with E-state index in [0.717, 1.165) is 17.7 Å². The maximum absolute atomic E-state index is 13.3. The van der Waals surface area contributed by atoms with Gasteiger partial charge in [0.15, 0.2) is 11.6 Å². The van der Waals surface area contributed by atoms with Gasteiger partial charge < -0.3 is 10.2 Å². The second-order valence-corrected chi connectivity index (χ2v) is 6.02. The number of aromatic nitrogens is 2. The number of hydrogen-bond donors (Lipinski definition) is 1. The number of amides is 1. The fourth-order valence-corrected chi connectivity index (χ4v) is 2.51. The molecule has 0 saturated heterocycles. The molecular weight excluding hydrogens is 350 g/mol. The number of benzene rings is 1. The Labute approximate surface area is 155 Å². The maximum atomic E-state index is 13.3. The average molecular weight is 368 g/mol. The molecule has 0 bridgehead atoms. The van der Waals surface area contributed by atoms with Gasteiger partial charge in [-0.15, -0.1) is 0 Å². The minimum absolute atomic E-state index is 0.224. The van der Waals surface area contributed by atoms with Crippen LogP contribution in [0.2, 0.25) is 0 Å². The number of carbonyl (C=O) groups is 1. The molecule has 1 amide bonds. The van der Waals surface area contributed by atoms with Gasteiger partial charge in [-0.1, -0.05) is 0 Å². The Hall–Kier alpha value is -3.35. The van der Waals surface area contributed by atoms with Crippen LogP contribution in [0.4, 0.5) is 20.2 Å². The van der Waals surface area contributed by atoms with Crippen LogP contribution >= 0.6 is 0 Å². The SMILES string of the molecule is CN(CCc1ccncc1)C(=O)c1cc(Nc2ccc(F)c(F)c2)ccn1. The van der Waals surface area contributed by atoms with Crippen molar-refractivity contribution in [3.8, 4) is 0 Å². The molecule has 2 aromatic heterocycles. The quantitative estimate of drug-likeness (QED) is 0.719. The monoisotopic (exact) mass is 368 g/mol. The first kappa shape index (κ1) is 18.4. The number of anilines is 2. The van der Waals surface area contributed by atoms with Crippen LogP contribution in [0.3, 0.4) is 0 Å². The fraction of sp³-hybridized carbons (Fsp3) is 0.150. The smallest absolute Gasteiger partial charge is 0.272 e. The van der Waals surface area contributed by atoms with Crippen LogP contribution in [0.25, 0.3) is 0 Å². The molecule has 7 heteroatoms. The van der Waals surface area contributed by atoms with E-state index in [-0.39, 0.29) is 11.6 Å². The van der Waals surface area contributed by atoms with Gasteiger partial charge in [-0.25, -0.2) is 8.78 Å². The van der Waals surface area contributed by atoms with Gasteiger partial charge in [-0.3, -0.25) is 14.8 Å². The van der Waals surface area contributed by atoms with E-state index in [4.69, 9.17) is 0 Å². The molecule has 0 fully saturated rings. The Kier molecular flexibility index (Phi) is 5.71. The Morgan fingerprint density at radius 2 is 1.74 bits per heavy atom. The molecule has 0 spiro atoms. The van der Waals surface area contributed by atoms with E-state index in [1.165, 1.54) is 12.3 Å². The molecule has 27 heavy (non-hydrogen) atoms. The number of carbonyl (C=O) groups excluding carboxylic acids is 1. The average Bonchev–Trinajstić information content (AvgIpc) is 2.69. The standard InChI is InChI=1S/C20H18F2N4O/c1-26(11-7-14-4-8-23-9-5-14)20(27)19-13-16(6-10-24-19)25-15-2-3-17(21)18(22)12-15/h2-6,8-10,12-13H,7,11H2,1H3,(H,24,25). The van der Waals surface area contributed by atoms with Crippen molar-refractivity contribution in [2.75, 3.05) is 18.9 Å². The second-order valence-electron chi connectivity index (χ2n) is 6.02. The van der Waals surface area contributed by atoms with Gasteiger partial charge in [0.1, 0.15) is 5.69 Å². The van der Waals surface area contributed by atoms with Crippen LogP contribution in [0, 0.1) is 11.6 Å². The molecule has 5 nitrogen and oxygen atoms in total. The molecule has 0 aliphatic carbocycles. The van der Waals surface area contributed by atoms with E-state index in [9.17, 15) is 13.6 Å². The molecule has 0 unspecified atom stereocenters. The molecule has 3 aromatic rings. The summed E-state index contributed by atoms with van der Waals surface area (Å²) in [6.07, 6.45) is 5.63. The molecule has 3 rings (SSSR count). The van der Waals surface area contributed by atoms with Crippen molar-refractivity contribution in [3.05, 3.63) is 83.9 Å². The lowest BCUT2D eigenvalue weighted by Gasteiger charge is -2.17. The highest BCUT2D eigenvalue weighted by Gasteiger charge is 2.14. The fourth-order valence-electron chi connectivity index (χ4n) is 2.51. The third-order valence-corrected chi connectivity index (χ3v) is 4.02. The molecule has 138 valence electrons. The van der Waals surface area contributed by atoms with Crippen LogP contribution < -0.4 is 5.32 Å². The van der Waals surface area contributed by atoms with Crippen LogP contribution in [0.5, 0.6) is 0 Å². The number of hydrogen-bond acceptors (Lipinski definition) is 4. The lowest BCUT2D eigenvalue weighted by molar-refractivity contribution is 0.0791. The Balaban J connectivity index is 1.66. The van der Waals surface area contributed by atoms with Crippen LogP contribution in [-0.2, 0) is 6.42 Å². The largest absolute Gasteiger partial charge is 0.355 e. The molecule has 0 aliphatic rings. The Morgan fingerprint density at radius 1 is 1.00 bits per heavy atom. The van der Waals surface area contributed by atoms with Gasteiger partial charge in [-0.05, 0) is 48.4 Å². The first-order chi connectivity index (χ1) is 13.0. The van der Waals surface area contributed by atoms with Crippen LogP contribution in [0.1, 0.15) is 16.1 Å². The van der Waals surface area contributed by atoms with Crippen molar-refractivity contribution in [3.63, 3.8) is 0 Å². The molecule has 0 saturated carbocycles. The van der Waals surface area contributed by atoms with E-state index >= 15 is 0 Å². The Morgan fingerprint density at radius 3 is 2.48 bits per heavy atom. The summed E-state index contributed by atoms with van der Waals surface area (Å²) < 4.78 is 26.4. The predicted molar refractivity (Wildman–Crippen MR) is 98.8 cm³/mol. The van der Waals surface area contributed by atoms with E-state index in [1.54, 1.807) is 36.5 Å². The van der Waals surface area contributed by atoms with Crippen molar-refractivity contribution in [2.45, 2.75) is 6.42 Å². The summed E-state index contributed by atoms with van der Waals surface area (Å²) in [5, 5.41) is 2.94. The van der Waals surface area contributed by atoms with Crippen LogP contribution in [-0.4, -0.2) is 34.4 Å².